The molecule has 0 aromatic carbocycles. The summed E-state index contributed by atoms with van der Waals surface area (Å²) in [6.45, 7) is 10.5. The molecule has 0 saturated carbocycles. The minimum absolute atomic E-state index is 0.168. The molecule has 15 heavy (non-hydrogen) atoms. The summed E-state index contributed by atoms with van der Waals surface area (Å²) in [6, 6.07) is 0. The highest BCUT2D eigenvalue weighted by molar-refractivity contribution is 5.75. The van der Waals surface area contributed by atoms with E-state index in [1.807, 2.05) is 7.05 Å². The summed E-state index contributed by atoms with van der Waals surface area (Å²) in [4.78, 5) is 11.4. The highest BCUT2D eigenvalue weighted by Crippen LogP contribution is 2.24. The van der Waals surface area contributed by atoms with Crippen molar-refractivity contribution < 1.29 is 4.79 Å². The van der Waals surface area contributed by atoms with Crippen LogP contribution in [0, 0.1) is 11.3 Å². The molecule has 0 aromatic heterocycles. The Morgan fingerprint density at radius 2 is 1.93 bits per heavy atom. The van der Waals surface area contributed by atoms with Gasteiger partial charge in [-0.2, -0.15) is 0 Å². The van der Waals surface area contributed by atoms with Crippen molar-refractivity contribution in [3.63, 3.8) is 0 Å². The second kappa shape index (κ2) is 6.83. The van der Waals surface area contributed by atoms with Crippen molar-refractivity contribution in [3.05, 3.63) is 0 Å². The Morgan fingerprint density at radius 3 is 2.40 bits per heavy atom. The highest BCUT2D eigenvalue weighted by Gasteiger charge is 2.19. The summed E-state index contributed by atoms with van der Waals surface area (Å²) < 4.78 is 0. The Balaban J connectivity index is 3.62. The van der Waals surface area contributed by atoms with Gasteiger partial charge in [0.05, 0.1) is 0 Å². The molecule has 0 fully saturated rings. The van der Waals surface area contributed by atoms with E-state index in [9.17, 15) is 4.79 Å². The Hall–Kier alpha value is -0.570. The second-order valence-electron chi connectivity index (χ2n) is 5.28. The Bertz CT molecular complexity index is 185. The van der Waals surface area contributed by atoms with E-state index in [1.54, 1.807) is 0 Å². The highest BCUT2D eigenvalue weighted by atomic mass is 16.1. The van der Waals surface area contributed by atoms with Crippen LogP contribution in [0.4, 0.5) is 0 Å². The normalized spacial score (nSPS) is 13.7. The molecule has 0 aliphatic heterocycles. The summed E-state index contributed by atoms with van der Waals surface area (Å²) in [5, 5.41) is 6.01. The molecule has 3 heteroatoms. The Morgan fingerprint density at radius 1 is 1.33 bits per heavy atom. The van der Waals surface area contributed by atoms with E-state index in [0.29, 0.717) is 12.3 Å². The van der Waals surface area contributed by atoms with E-state index >= 15 is 0 Å². The van der Waals surface area contributed by atoms with Crippen LogP contribution in [0.15, 0.2) is 0 Å². The number of rotatable bonds is 6. The minimum Gasteiger partial charge on any atom is -0.356 e. The average Bonchev–Trinajstić information content (AvgIpc) is 2.13. The van der Waals surface area contributed by atoms with Crippen LogP contribution in [-0.4, -0.2) is 26.0 Å². The molecule has 0 radical (unpaired) electrons. The lowest BCUT2D eigenvalue weighted by molar-refractivity contribution is -0.121. The van der Waals surface area contributed by atoms with Gasteiger partial charge in [0.2, 0.25) is 5.91 Å². The molecule has 1 atom stereocenters. The van der Waals surface area contributed by atoms with E-state index in [-0.39, 0.29) is 11.3 Å². The SMILES string of the molecule is CNCCCC(=O)NCC(C)C(C)(C)C. The summed E-state index contributed by atoms with van der Waals surface area (Å²) in [5.74, 6) is 0.673. The van der Waals surface area contributed by atoms with Gasteiger partial charge in [0.15, 0.2) is 0 Å². The van der Waals surface area contributed by atoms with Crippen molar-refractivity contribution in [1.82, 2.24) is 10.6 Å². The van der Waals surface area contributed by atoms with Crippen molar-refractivity contribution in [2.24, 2.45) is 11.3 Å². The van der Waals surface area contributed by atoms with E-state index in [4.69, 9.17) is 0 Å². The quantitative estimate of drug-likeness (QED) is 0.662. The van der Waals surface area contributed by atoms with Crippen LogP contribution in [0.25, 0.3) is 0 Å². The van der Waals surface area contributed by atoms with Gasteiger partial charge in [-0.1, -0.05) is 27.7 Å². The molecule has 2 N–H and O–H groups in total. The molecule has 0 aliphatic rings. The topological polar surface area (TPSA) is 41.1 Å². The van der Waals surface area contributed by atoms with Crippen molar-refractivity contribution in [3.8, 4) is 0 Å². The van der Waals surface area contributed by atoms with E-state index in [2.05, 4.69) is 38.3 Å². The van der Waals surface area contributed by atoms with Gasteiger partial charge in [-0.25, -0.2) is 0 Å². The van der Waals surface area contributed by atoms with Crippen LogP contribution >= 0.6 is 0 Å². The number of carbonyl (C=O) groups is 1. The standard InChI is InChI=1S/C12H26N2O/c1-10(12(2,3)4)9-14-11(15)7-6-8-13-5/h10,13H,6-9H2,1-5H3,(H,14,15). The van der Waals surface area contributed by atoms with Gasteiger partial charge in [0.1, 0.15) is 0 Å². The maximum Gasteiger partial charge on any atom is 0.220 e. The molecule has 0 saturated heterocycles. The lowest BCUT2D eigenvalue weighted by Crippen LogP contribution is -2.33. The monoisotopic (exact) mass is 214 g/mol. The molecule has 0 bridgehead atoms. The van der Waals surface area contributed by atoms with E-state index in [1.165, 1.54) is 0 Å². The predicted molar refractivity (Wildman–Crippen MR) is 64.8 cm³/mol. The maximum atomic E-state index is 11.4. The van der Waals surface area contributed by atoms with E-state index < -0.39 is 0 Å². The van der Waals surface area contributed by atoms with Crippen molar-refractivity contribution in [2.45, 2.75) is 40.5 Å². The first-order chi connectivity index (χ1) is 6.88. The Labute approximate surface area is 94.0 Å². The summed E-state index contributed by atoms with van der Waals surface area (Å²) in [7, 11) is 1.90. The first kappa shape index (κ1) is 14.4. The lowest BCUT2D eigenvalue weighted by Gasteiger charge is -2.27. The zero-order valence-electron chi connectivity index (χ0n) is 10.8. The summed E-state index contributed by atoms with van der Waals surface area (Å²) >= 11 is 0. The third kappa shape index (κ3) is 7.37. The Kier molecular flexibility index (Phi) is 6.57. The fourth-order valence-electron chi connectivity index (χ4n) is 1.09. The number of hydrogen-bond acceptors (Lipinski definition) is 2. The zero-order chi connectivity index (χ0) is 11.9. The van der Waals surface area contributed by atoms with Crippen molar-refractivity contribution >= 4 is 5.91 Å². The van der Waals surface area contributed by atoms with Gasteiger partial charge in [0, 0.05) is 13.0 Å². The van der Waals surface area contributed by atoms with Gasteiger partial charge in [0.25, 0.3) is 0 Å². The number of amides is 1. The van der Waals surface area contributed by atoms with Gasteiger partial charge < -0.3 is 10.6 Å². The van der Waals surface area contributed by atoms with Crippen LogP contribution in [0.1, 0.15) is 40.5 Å². The third-order valence-corrected chi connectivity index (χ3v) is 2.91. The molecule has 0 aromatic rings. The molecule has 0 aliphatic carbocycles. The molecule has 90 valence electrons. The molecule has 0 spiro atoms. The minimum atomic E-state index is 0.168. The molecule has 0 heterocycles. The summed E-state index contributed by atoms with van der Waals surface area (Å²) in [5.41, 5.74) is 0.262. The number of carbonyl (C=O) groups excluding carboxylic acids is 1. The first-order valence-corrected chi connectivity index (χ1v) is 5.79. The predicted octanol–water partition coefficient (Wildman–Crippen LogP) is 1.78. The van der Waals surface area contributed by atoms with Crippen LogP contribution < -0.4 is 10.6 Å². The van der Waals surface area contributed by atoms with Crippen molar-refractivity contribution in [2.75, 3.05) is 20.1 Å². The van der Waals surface area contributed by atoms with Gasteiger partial charge in [-0.15, -0.1) is 0 Å². The number of nitrogens with one attached hydrogen (secondary N) is 2. The lowest BCUT2D eigenvalue weighted by atomic mass is 9.82. The maximum absolute atomic E-state index is 11.4. The average molecular weight is 214 g/mol. The van der Waals surface area contributed by atoms with Gasteiger partial charge in [-0.05, 0) is 31.3 Å². The first-order valence-electron chi connectivity index (χ1n) is 5.79. The van der Waals surface area contributed by atoms with Crippen LogP contribution in [-0.2, 0) is 4.79 Å². The third-order valence-electron chi connectivity index (χ3n) is 2.91. The van der Waals surface area contributed by atoms with Crippen LogP contribution in [0.3, 0.4) is 0 Å². The second-order valence-corrected chi connectivity index (χ2v) is 5.28. The number of hydrogen-bond donors (Lipinski definition) is 2. The molecule has 1 amide bonds. The fourth-order valence-corrected chi connectivity index (χ4v) is 1.09. The largest absolute Gasteiger partial charge is 0.356 e. The van der Waals surface area contributed by atoms with Crippen LogP contribution in [0.5, 0.6) is 0 Å². The molecule has 1 unspecified atom stereocenters. The summed E-state index contributed by atoms with van der Waals surface area (Å²) in [6.07, 6.45) is 1.53. The zero-order valence-corrected chi connectivity index (χ0v) is 10.8. The smallest absolute Gasteiger partial charge is 0.220 e. The van der Waals surface area contributed by atoms with E-state index in [0.717, 1.165) is 19.5 Å². The van der Waals surface area contributed by atoms with Crippen LogP contribution in [0.2, 0.25) is 0 Å². The van der Waals surface area contributed by atoms with Crippen molar-refractivity contribution in [1.29, 1.82) is 0 Å². The molecular weight excluding hydrogens is 188 g/mol. The van der Waals surface area contributed by atoms with Gasteiger partial charge in [-0.3, -0.25) is 4.79 Å². The molecule has 0 rings (SSSR count). The molecular formula is C12H26N2O. The fraction of sp³-hybridized carbons (Fsp3) is 0.917. The molecule has 3 nitrogen and oxygen atoms in total. The van der Waals surface area contributed by atoms with Gasteiger partial charge >= 0.3 is 0 Å².